The summed E-state index contributed by atoms with van der Waals surface area (Å²) in [5.41, 5.74) is 0.378. The molecule has 1 aromatic rings. The molecule has 2 aliphatic rings. The van der Waals surface area contributed by atoms with Crippen molar-refractivity contribution in [2.24, 2.45) is 11.1 Å². The first-order valence-electron chi connectivity index (χ1n) is 8.01. The Morgan fingerprint density at radius 2 is 1.87 bits per heavy atom. The average molecular weight is 401 g/mol. The molecule has 0 spiro atoms. The number of benzene rings is 1. The number of primary sulfonamides is 1. The Bertz CT molecular complexity index is 718. The smallest absolute Gasteiger partial charge is 0.255 e. The molecule has 2 N–H and O–H groups in total. The normalized spacial score (nSPS) is 25.0. The van der Waals surface area contributed by atoms with Gasteiger partial charge in [-0.3, -0.25) is 4.79 Å². The third-order valence-electron chi connectivity index (χ3n) is 5.00. The lowest BCUT2D eigenvalue weighted by molar-refractivity contribution is 0.0389. The minimum atomic E-state index is -3.82. The van der Waals surface area contributed by atoms with Crippen LogP contribution in [0.4, 0.5) is 0 Å². The van der Waals surface area contributed by atoms with Gasteiger partial charge in [-0.15, -0.1) is 0 Å². The standard InChI is InChI=1S/C16H21BrN2O3S/c17-14-8-7-12(23(18,21)22)10-13(14)16(20)19-9-3-5-11-4-1-2-6-15(11)19/h7-8,10-11,15H,1-6,9H2,(H2,18,21,22). The maximum Gasteiger partial charge on any atom is 0.255 e. The number of nitrogens with zero attached hydrogens (tertiary/aromatic N) is 1. The zero-order valence-electron chi connectivity index (χ0n) is 12.9. The Labute approximate surface area is 145 Å². The Morgan fingerprint density at radius 1 is 1.17 bits per heavy atom. The molecule has 2 fully saturated rings. The van der Waals surface area contributed by atoms with Crippen molar-refractivity contribution in [1.82, 2.24) is 4.90 Å². The molecule has 1 amide bonds. The number of piperidine rings is 1. The summed E-state index contributed by atoms with van der Waals surface area (Å²) < 4.78 is 23.7. The van der Waals surface area contributed by atoms with Crippen molar-refractivity contribution in [2.45, 2.75) is 49.5 Å². The summed E-state index contributed by atoms with van der Waals surface area (Å²) in [6.07, 6.45) is 6.83. The van der Waals surface area contributed by atoms with E-state index >= 15 is 0 Å². The van der Waals surface area contributed by atoms with Gasteiger partial charge in [-0.1, -0.05) is 12.8 Å². The molecule has 126 valence electrons. The first-order valence-corrected chi connectivity index (χ1v) is 10.3. The topological polar surface area (TPSA) is 80.5 Å². The van der Waals surface area contributed by atoms with Gasteiger partial charge >= 0.3 is 0 Å². The highest BCUT2D eigenvalue weighted by atomic mass is 79.9. The number of hydrogen-bond acceptors (Lipinski definition) is 3. The van der Waals surface area contributed by atoms with Gasteiger partial charge in [-0.25, -0.2) is 13.6 Å². The fourth-order valence-corrected chi connectivity index (χ4v) is 4.83. The second-order valence-corrected chi connectivity index (χ2v) is 8.86. The number of sulfonamides is 1. The van der Waals surface area contributed by atoms with Gasteiger partial charge in [0.25, 0.3) is 5.91 Å². The molecule has 1 aliphatic carbocycles. The van der Waals surface area contributed by atoms with E-state index in [1.54, 1.807) is 6.07 Å². The van der Waals surface area contributed by atoms with Crippen LogP contribution in [0.1, 0.15) is 48.9 Å². The molecule has 1 saturated carbocycles. The van der Waals surface area contributed by atoms with E-state index in [2.05, 4.69) is 15.9 Å². The van der Waals surface area contributed by atoms with Crippen LogP contribution in [-0.2, 0) is 10.0 Å². The second kappa shape index (κ2) is 6.53. The van der Waals surface area contributed by atoms with Crippen molar-refractivity contribution in [3.63, 3.8) is 0 Å². The predicted octanol–water partition coefficient (Wildman–Crippen LogP) is 2.89. The van der Waals surface area contributed by atoms with Crippen LogP contribution in [0.5, 0.6) is 0 Å². The monoisotopic (exact) mass is 400 g/mol. The molecule has 1 aliphatic heterocycles. The van der Waals surface area contributed by atoms with Crippen molar-refractivity contribution >= 4 is 31.9 Å². The number of rotatable bonds is 2. The van der Waals surface area contributed by atoms with E-state index in [0.717, 1.165) is 25.8 Å². The van der Waals surface area contributed by atoms with Gasteiger partial charge in [-0.05, 0) is 65.7 Å². The Morgan fingerprint density at radius 3 is 2.61 bits per heavy atom. The lowest BCUT2D eigenvalue weighted by Crippen LogP contribution is -2.49. The van der Waals surface area contributed by atoms with E-state index in [0.29, 0.717) is 16.0 Å². The van der Waals surface area contributed by atoms with E-state index in [1.807, 2.05) is 4.90 Å². The van der Waals surface area contributed by atoms with Crippen LogP contribution in [0.3, 0.4) is 0 Å². The first-order chi connectivity index (χ1) is 10.9. The van der Waals surface area contributed by atoms with Crippen molar-refractivity contribution in [1.29, 1.82) is 0 Å². The largest absolute Gasteiger partial charge is 0.335 e. The number of hydrogen-bond donors (Lipinski definition) is 1. The van der Waals surface area contributed by atoms with Crippen molar-refractivity contribution < 1.29 is 13.2 Å². The fraction of sp³-hybridized carbons (Fsp3) is 0.562. The number of halogens is 1. The summed E-state index contributed by atoms with van der Waals surface area (Å²) in [6.45, 7) is 0.742. The van der Waals surface area contributed by atoms with Crippen LogP contribution in [0.15, 0.2) is 27.6 Å². The lowest BCUT2D eigenvalue weighted by atomic mass is 9.78. The molecule has 5 nitrogen and oxygen atoms in total. The highest BCUT2D eigenvalue weighted by molar-refractivity contribution is 9.10. The summed E-state index contributed by atoms with van der Waals surface area (Å²) in [5, 5.41) is 5.19. The van der Waals surface area contributed by atoms with Crippen LogP contribution >= 0.6 is 15.9 Å². The zero-order chi connectivity index (χ0) is 16.6. The Balaban J connectivity index is 1.93. The molecule has 7 heteroatoms. The molecule has 0 bridgehead atoms. The molecule has 1 heterocycles. The fourth-order valence-electron chi connectivity index (χ4n) is 3.88. The number of fused-ring (bicyclic) bond motifs is 1. The van der Waals surface area contributed by atoms with Crippen LogP contribution in [0.2, 0.25) is 0 Å². The molecule has 3 rings (SSSR count). The van der Waals surface area contributed by atoms with E-state index in [9.17, 15) is 13.2 Å². The highest BCUT2D eigenvalue weighted by Crippen LogP contribution is 2.36. The molecule has 2 unspecified atom stereocenters. The molecular weight excluding hydrogens is 380 g/mol. The van der Waals surface area contributed by atoms with Gasteiger partial charge in [-0.2, -0.15) is 0 Å². The van der Waals surface area contributed by atoms with Crippen LogP contribution in [0.25, 0.3) is 0 Å². The van der Waals surface area contributed by atoms with Crippen molar-refractivity contribution in [3.8, 4) is 0 Å². The summed E-state index contributed by atoms with van der Waals surface area (Å²) in [6, 6.07) is 4.66. The molecule has 2 atom stereocenters. The van der Waals surface area contributed by atoms with Crippen LogP contribution in [-0.4, -0.2) is 31.8 Å². The van der Waals surface area contributed by atoms with Gasteiger partial charge in [0, 0.05) is 17.1 Å². The number of amides is 1. The quantitative estimate of drug-likeness (QED) is 0.828. The minimum Gasteiger partial charge on any atom is -0.335 e. The number of carbonyl (C=O) groups is 1. The summed E-state index contributed by atoms with van der Waals surface area (Å²) >= 11 is 3.37. The van der Waals surface area contributed by atoms with Gasteiger partial charge < -0.3 is 4.90 Å². The van der Waals surface area contributed by atoms with Crippen LogP contribution < -0.4 is 5.14 Å². The van der Waals surface area contributed by atoms with E-state index in [1.165, 1.54) is 31.4 Å². The summed E-state index contributed by atoms with van der Waals surface area (Å²) in [7, 11) is -3.82. The maximum atomic E-state index is 13.0. The maximum absolute atomic E-state index is 13.0. The summed E-state index contributed by atoms with van der Waals surface area (Å²) in [4.78, 5) is 14.9. The SMILES string of the molecule is NS(=O)(=O)c1ccc(Br)c(C(=O)N2CCCC3CCCCC32)c1. The average Bonchev–Trinajstić information content (AvgIpc) is 2.53. The molecule has 1 saturated heterocycles. The lowest BCUT2D eigenvalue weighted by Gasteiger charge is -2.44. The van der Waals surface area contributed by atoms with Crippen LogP contribution in [0, 0.1) is 5.92 Å². The number of likely N-dealkylation sites (tertiary alicyclic amines) is 1. The molecule has 0 radical (unpaired) electrons. The predicted molar refractivity (Wildman–Crippen MR) is 91.5 cm³/mol. The van der Waals surface area contributed by atoms with E-state index < -0.39 is 10.0 Å². The van der Waals surface area contributed by atoms with E-state index in [4.69, 9.17) is 5.14 Å². The molecule has 1 aromatic carbocycles. The van der Waals surface area contributed by atoms with Gasteiger partial charge in [0.1, 0.15) is 0 Å². The Hall–Kier alpha value is -0.920. The number of carbonyl (C=O) groups excluding carboxylic acids is 1. The van der Waals surface area contributed by atoms with Gasteiger partial charge in [0.2, 0.25) is 10.0 Å². The van der Waals surface area contributed by atoms with Gasteiger partial charge in [0.05, 0.1) is 10.5 Å². The van der Waals surface area contributed by atoms with Crippen molar-refractivity contribution in [2.75, 3.05) is 6.54 Å². The third-order valence-corrected chi connectivity index (χ3v) is 6.60. The molecule has 23 heavy (non-hydrogen) atoms. The second-order valence-electron chi connectivity index (χ2n) is 6.44. The minimum absolute atomic E-state index is 0.0266. The molecule has 0 aromatic heterocycles. The highest BCUT2D eigenvalue weighted by Gasteiger charge is 2.36. The number of nitrogens with two attached hydrogens (primary N) is 1. The molecular formula is C16H21BrN2O3S. The van der Waals surface area contributed by atoms with Gasteiger partial charge in [0.15, 0.2) is 0 Å². The first kappa shape index (κ1) is 16.9. The van der Waals surface area contributed by atoms with E-state index in [-0.39, 0.29) is 16.8 Å². The third kappa shape index (κ3) is 3.46. The summed E-state index contributed by atoms with van der Waals surface area (Å²) in [5.74, 6) is 0.487. The zero-order valence-corrected chi connectivity index (χ0v) is 15.3. The Kier molecular flexibility index (Phi) is 4.80. The van der Waals surface area contributed by atoms with Crippen molar-refractivity contribution in [3.05, 3.63) is 28.2 Å².